The molecule has 1 unspecified atom stereocenters. The molecular formula is C16H24N2O4. The second kappa shape index (κ2) is 8.36. The average molecular weight is 308 g/mol. The summed E-state index contributed by atoms with van der Waals surface area (Å²) in [5.74, 6) is -1.01. The molecule has 0 radical (unpaired) electrons. The third kappa shape index (κ3) is 4.44. The summed E-state index contributed by atoms with van der Waals surface area (Å²) in [4.78, 5) is 30.8. The van der Waals surface area contributed by atoms with Crippen LogP contribution in [-0.2, 0) is 14.4 Å². The minimum Gasteiger partial charge on any atom is -0.511 e. The molecule has 1 atom stereocenters. The summed E-state index contributed by atoms with van der Waals surface area (Å²) in [6.07, 6.45) is 3.08. The molecule has 1 aliphatic rings. The van der Waals surface area contributed by atoms with Gasteiger partial charge in [0.2, 0.25) is 5.91 Å². The monoisotopic (exact) mass is 308 g/mol. The number of rotatable bonds is 7. The van der Waals surface area contributed by atoms with Crippen LogP contribution in [0.1, 0.15) is 32.6 Å². The molecule has 0 saturated heterocycles. The summed E-state index contributed by atoms with van der Waals surface area (Å²) in [5.41, 5.74) is 0.635. The predicted molar refractivity (Wildman–Crippen MR) is 84.6 cm³/mol. The van der Waals surface area contributed by atoms with E-state index in [2.05, 4.69) is 11.7 Å². The summed E-state index contributed by atoms with van der Waals surface area (Å²) < 4.78 is 0. The van der Waals surface area contributed by atoms with E-state index >= 15 is 0 Å². The van der Waals surface area contributed by atoms with Crippen molar-refractivity contribution in [3.63, 3.8) is 0 Å². The molecule has 22 heavy (non-hydrogen) atoms. The summed E-state index contributed by atoms with van der Waals surface area (Å²) in [7, 11) is 3.27. The van der Waals surface area contributed by atoms with Gasteiger partial charge < -0.3 is 14.8 Å². The normalized spacial score (nSPS) is 19.1. The molecule has 1 rings (SSSR count). The third-order valence-electron chi connectivity index (χ3n) is 3.37. The van der Waals surface area contributed by atoms with E-state index in [1.807, 2.05) is 6.92 Å². The first-order valence-corrected chi connectivity index (χ1v) is 7.38. The first kappa shape index (κ1) is 17.9. The molecule has 122 valence electrons. The lowest BCUT2D eigenvalue weighted by Crippen LogP contribution is -2.35. The number of hydrogen-bond donors (Lipinski definition) is 1. The average Bonchev–Trinajstić information content (AvgIpc) is 2.45. The van der Waals surface area contributed by atoms with Gasteiger partial charge in [0.1, 0.15) is 12.4 Å². The van der Waals surface area contributed by atoms with Crippen molar-refractivity contribution in [1.29, 1.82) is 0 Å². The standard InChI is InChI=1S/C16H24N2O4/c1-5-7-12(17-22-8-6-2)15-13(19)9-11(10-14(15)20)16(21)18(3)4/h6,11,19H,2,5,7-10H2,1,3-4H3. The molecule has 0 aromatic carbocycles. The quantitative estimate of drug-likeness (QED) is 0.338. The fourth-order valence-corrected chi connectivity index (χ4v) is 2.38. The SMILES string of the molecule is C=CCON=C(CCC)C1=C(O)CC(C(=O)N(C)C)CC1=O. The van der Waals surface area contributed by atoms with Crippen LogP contribution in [0.4, 0.5) is 0 Å². The van der Waals surface area contributed by atoms with Crippen molar-refractivity contribution < 1.29 is 19.5 Å². The number of ketones is 1. The van der Waals surface area contributed by atoms with Crippen molar-refractivity contribution in [2.45, 2.75) is 32.6 Å². The number of allylic oxidation sites excluding steroid dienone is 2. The maximum absolute atomic E-state index is 12.3. The van der Waals surface area contributed by atoms with Gasteiger partial charge >= 0.3 is 0 Å². The van der Waals surface area contributed by atoms with Crippen molar-refractivity contribution in [3.05, 3.63) is 24.0 Å². The van der Waals surface area contributed by atoms with E-state index in [1.54, 1.807) is 20.2 Å². The molecule has 1 N–H and O–H groups in total. The van der Waals surface area contributed by atoms with Gasteiger partial charge in [0.05, 0.1) is 17.2 Å². The molecule has 0 aromatic heterocycles. The highest BCUT2D eigenvalue weighted by molar-refractivity contribution is 6.23. The van der Waals surface area contributed by atoms with Crippen LogP contribution in [0.25, 0.3) is 0 Å². The Labute approximate surface area is 131 Å². The van der Waals surface area contributed by atoms with Crippen molar-refractivity contribution in [2.75, 3.05) is 20.7 Å². The number of Topliss-reactive ketones (excluding diaryl/α,β-unsaturated/α-hetero) is 1. The van der Waals surface area contributed by atoms with Gasteiger partial charge in [-0.1, -0.05) is 31.2 Å². The molecular weight excluding hydrogens is 284 g/mol. The highest BCUT2D eigenvalue weighted by Gasteiger charge is 2.34. The van der Waals surface area contributed by atoms with E-state index in [0.29, 0.717) is 12.1 Å². The Balaban J connectivity index is 3.02. The summed E-state index contributed by atoms with van der Waals surface area (Å²) in [5, 5.41) is 14.2. The second-order valence-electron chi connectivity index (χ2n) is 5.46. The Hall–Kier alpha value is -2.11. The summed E-state index contributed by atoms with van der Waals surface area (Å²) in [6, 6.07) is 0. The van der Waals surface area contributed by atoms with Gasteiger partial charge in [0.25, 0.3) is 0 Å². The zero-order chi connectivity index (χ0) is 16.7. The summed E-state index contributed by atoms with van der Waals surface area (Å²) >= 11 is 0. The molecule has 0 saturated carbocycles. The lowest BCUT2D eigenvalue weighted by molar-refractivity contribution is -0.135. The van der Waals surface area contributed by atoms with Gasteiger partial charge in [-0.05, 0) is 6.42 Å². The summed E-state index contributed by atoms with van der Waals surface area (Å²) in [6.45, 7) is 5.71. The van der Waals surface area contributed by atoms with Crippen LogP contribution in [0.5, 0.6) is 0 Å². The van der Waals surface area contributed by atoms with E-state index in [0.717, 1.165) is 6.42 Å². The number of nitrogens with zero attached hydrogens (tertiary/aromatic N) is 2. The first-order valence-electron chi connectivity index (χ1n) is 7.38. The maximum Gasteiger partial charge on any atom is 0.226 e. The molecule has 1 amide bonds. The van der Waals surface area contributed by atoms with Crippen molar-refractivity contribution >= 4 is 17.4 Å². The lowest BCUT2D eigenvalue weighted by atomic mass is 9.83. The third-order valence-corrected chi connectivity index (χ3v) is 3.37. The zero-order valence-electron chi connectivity index (χ0n) is 13.5. The predicted octanol–water partition coefficient (Wildman–Crippen LogP) is 2.22. The molecule has 6 nitrogen and oxygen atoms in total. The van der Waals surface area contributed by atoms with Gasteiger partial charge in [-0.3, -0.25) is 9.59 Å². The van der Waals surface area contributed by atoms with Crippen LogP contribution in [0.3, 0.4) is 0 Å². The number of carbonyl (C=O) groups is 2. The van der Waals surface area contributed by atoms with E-state index in [4.69, 9.17) is 4.84 Å². The molecule has 0 bridgehead atoms. The molecule has 0 heterocycles. The molecule has 6 heteroatoms. The van der Waals surface area contributed by atoms with Crippen LogP contribution in [0.2, 0.25) is 0 Å². The van der Waals surface area contributed by atoms with Crippen LogP contribution in [0, 0.1) is 5.92 Å². The van der Waals surface area contributed by atoms with E-state index < -0.39 is 5.92 Å². The van der Waals surface area contributed by atoms with Crippen molar-refractivity contribution in [3.8, 4) is 0 Å². The Bertz CT molecular complexity index is 506. The molecule has 0 fully saturated rings. The molecule has 0 aromatic rings. The van der Waals surface area contributed by atoms with Gasteiger partial charge in [-0.2, -0.15) is 0 Å². The minimum atomic E-state index is -0.511. The minimum absolute atomic E-state index is 0.0779. The van der Waals surface area contributed by atoms with Crippen LogP contribution in [0.15, 0.2) is 29.1 Å². The van der Waals surface area contributed by atoms with Crippen molar-refractivity contribution in [2.24, 2.45) is 11.1 Å². The van der Waals surface area contributed by atoms with Gasteiger partial charge in [0.15, 0.2) is 5.78 Å². The van der Waals surface area contributed by atoms with Crippen molar-refractivity contribution in [1.82, 2.24) is 4.90 Å². The van der Waals surface area contributed by atoms with Gasteiger partial charge in [-0.25, -0.2) is 0 Å². The lowest BCUT2D eigenvalue weighted by Gasteiger charge is -2.25. The largest absolute Gasteiger partial charge is 0.511 e. The molecule has 0 spiro atoms. The van der Waals surface area contributed by atoms with Gasteiger partial charge in [0, 0.05) is 26.9 Å². The fourth-order valence-electron chi connectivity index (χ4n) is 2.38. The first-order chi connectivity index (χ1) is 10.4. The highest BCUT2D eigenvalue weighted by atomic mass is 16.6. The van der Waals surface area contributed by atoms with Crippen LogP contribution in [-0.4, -0.2) is 48.1 Å². The fraction of sp³-hybridized carbons (Fsp3) is 0.562. The second-order valence-corrected chi connectivity index (χ2v) is 5.46. The number of carbonyl (C=O) groups excluding carboxylic acids is 2. The smallest absolute Gasteiger partial charge is 0.226 e. The van der Waals surface area contributed by atoms with Crippen LogP contribution < -0.4 is 0 Å². The van der Waals surface area contributed by atoms with Crippen LogP contribution >= 0.6 is 0 Å². The highest BCUT2D eigenvalue weighted by Crippen LogP contribution is 2.28. The Morgan fingerprint density at radius 2 is 2.18 bits per heavy atom. The molecule has 1 aliphatic carbocycles. The van der Waals surface area contributed by atoms with E-state index in [9.17, 15) is 14.7 Å². The Morgan fingerprint density at radius 3 is 2.68 bits per heavy atom. The number of hydrogen-bond acceptors (Lipinski definition) is 5. The zero-order valence-corrected chi connectivity index (χ0v) is 13.5. The Kier molecular flexibility index (Phi) is 6.82. The number of amides is 1. The maximum atomic E-state index is 12.3. The van der Waals surface area contributed by atoms with Gasteiger partial charge in [-0.15, -0.1) is 0 Å². The Morgan fingerprint density at radius 1 is 1.50 bits per heavy atom. The van der Waals surface area contributed by atoms with E-state index in [1.165, 1.54) is 4.90 Å². The molecule has 0 aliphatic heterocycles. The number of oxime groups is 1. The number of aliphatic hydroxyl groups excluding tert-OH is 1. The van der Waals surface area contributed by atoms with E-state index in [-0.39, 0.29) is 42.5 Å². The topological polar surface area (TPSA) is 79.2 Å². The number of aliphatic hydroxyl groups is 1.